The van der Waals surface area contributed by atoms with Crippen molar-refractivity contribution in [3.8, 4) is 11.5 Å². The summed E-state index contributed by atoms with van der Waals surface area (Å²) in [7, 11) is 0. The molecule has 1 aliphatic carbocycles. The monoisotopic (exact) mass is 461 g/mol. The van der Waals surface area contributed by atoms with E-state index in [0.717, 1.165) is 36.8 Å². The molecule has 4 aromatic rings. The lowest BCUT2D eigenvalue weighted by Crippen LogP contribution is -2.28. The van der Waals surface area contributed by atoms with Crippen LogP contribution in [-0.4, -0.2) is 33.0 Å². The summed E-state index contributed by atoms with van der Waals surface area (Å²) in [6.45, 7) is 0. The number of ether oxygens (including phenoxy) is 1. The minimum atomic E-state index is -0.221. The number of aromatic nitrogens is 2. The second-order valence-corrected chi connectivity index (χ2v) is 8.73. The van der Waals surface area contributed by atoms with Crippen molar-refractivity contribution >= 4 is 34.1 Å². The minimum absolute atomic E-state index is 0.187. The summed E-state index contributed by atoms with van der Waals surface area (Å²) in [5.41, 5.74) is 2.40. The van der Waals surface area contributed by atoms with Gasteiger partial charge in [-0.1, -0.05) is 29.8 Å². The van der Waals surface area contributed by atoms with Crippen LogP contribution in [0.4, 0.5) is 5.69 Å². The average molecular weight is 462 g/mol. The van der Waals surface area contributed by atoms with Gasteiger partial charge in [0.05, 0.1) is 22.1 Å². The van der Waals surface area contributed by atoms with Crippen molar-refractivity contribution in [1.29, 1.82) is 0 Å². The van der Waals surface area contributed by atoms with Crippen LogP contribution in [0.15, 0.2) is 67.0 Å². The molecule has 0 saturated heterocycles. The number of carbonyl (C=O) groups excluding carboxylic acids is 1. The molecule has 6 nitrogen and oxygen atoms in total. The Morgan fingerprint density at radius 1 is 1.03 bits per heavy atom. The molecule has 5 rings (SSSR count). The maximum absolute atomic E-state index is 13.5. The number of anilines is 1. The van der Waals surface area contributed by atoms with Crippen LogP contribution in [0.3, 0.4) is 0 Å². The van der Waals surface area contributed by atoms with Crippen molar-refractivity contribution in [2.45, 2.75) is 37.8 Å². The summed E-state index contributed by atoms with van der Waals surface area (Å²) in [6, 6.07) is 16.6. The van der Waals surface area contributed by atoms with Crippen molar-refractivity contribution < 1.29 is 14.6 Å². The highest BCUT2D eigenvalue weighted by Gasteiger charge is 2.23. The lowest BCUT2D eigenvalue weighted by molar-refractivity contribution is 0.104. The number of H-pyrrole nitrogens is 1. The highest BCUT2D eigenvalue weighted by atomic mass is 35.5. The van der Waals surface area contributed by atoms with Crippen molar-refractivity contribution in [3.05, 3.63) is 83.1 Å². The molecule has 0 spiro atoms. The third-order valence-electron chi connectivity index (χ3n) is 6.04. The van der Waals surface area contributed by atoms with E-state index >= 15 is 0 Å². The molecule has 2 heterocycles. The molecule has 168 valence electrons. The zero-order valence-corrected chi connectivity index (χ0v) is 18.7. The quantitative estimate of drug-likeness (QED) is 0.308. The number of rotatable bonds is 6. The van der Waals surface area contributed by atoms with Gasteiger partial charge >= 0.3 is 0 Å². The van der Waals surface area contributed by atoms with E-state index in [-0.39, 0.29) is 17.9 Å². The first-order chi connectivity index (χ1) is 16.1. The Balaban J connectivity index is 1.42. The predicted octanol–water partition coefficient (Wildman–Crippen LogP) is 5.96. The molecule has 1 fully saturated rings. The molecule has 2 aromatic heterocycles. The van der Waals surface area contributed by atoms with Crippen molar-refractivity contribution in [3.63, 3.8) is 0 Å². The topological polar surface area (TPSA) is 87.2 Å². The van der Waals surface area contributed by atoms with E-state index in [2.05, 4.69) is 15.3 Å². The highest BCUT2D eigenvalue weighted by Crippen LogP contribution is 2.33. The van der Waals surface area contributed by atoms with Gasteiger partial charge in [0.2, 0.25) is 0 Å². The van der Waals surface area contributed by atoms with Gasteiger partial charge in [-0.05, 0) is 56.0 Å². The van der Waals surface area contributed by atoms with Crippen LogP contribution in [-0.2, 0) is 0 Å². The molecule has 7 heteroatoms. The first kappa shape index (κ1) is 21.5. The Morgan fingerprint density at radius 2 is 1.82 bits per heavy atom. The number of ketones is 1. The minimum Gasteiger partial charge on any atom is -0.457 e. The van der Waals surface area contributed by atoms with Gasteiger partial charge in [-0.15, -0.1) is 0 Å². The number of aromatic amines is 1. The first-order valence-corrected chi connectivity index (χ1v) is 11.4. The fraction of sp³-hybridized carbons (Fsp3) is 0.231. The lowest BCUT2D eigenvalue weighted by atomic mass is 9.92. The normalized spacial score (nSPS) is 18.2. The van der Waals surface area contributed by atoms with Crippen LogP contribution in [0, 0.1) is 0 Å². The second-order valence-electron chi connectivity index (χ2n) is 8.32. The second kappa shape index (κ2) is 9.25. The summed E-state index contributed by atoms with van der Waals surface area (Å²) in [5.74, 6) is 1.07. The van der Waals surface area contributed by atoms with Crippen LogP contribution >= 0.6 is 11.6 Å². The number of halogens is 1. The number of aliphatic hydroxyl groups is 1. The predicted molar refractivity (Wildman–Crippen MR) is 129 cm³/mol. The summed E-state index contributed by atoms with van der Waals surface area (Å²) in [6.07, 6.45) is 6.49. The van der Waals surface area contributed by atoms with Crippen molar-refractivity contribution in [2.75, 3.05) is 5.32 Å². The number of carbonyl (C=O) groups is 1. The molecule has 0 unspecified atom stereocenters. The van der Waals surface area contributed by atoms with Gasteiger partial charge in [0.1, 0.15) is 17.1 Å². The van der Waals surface area contributed by atoms with Gasteiger partial charge in [-0.2, -0.15) is 0 Å². The fourth-order valence-electron chi connectivity index (χ4n) is 4.31. The maximum atomic E-state index is 13.5. The number of nitrogens with zero attached hydrogens (tertiary/aromatic N) is 1. The molecule has 1 aliphatic rings. The van der Waals surface area contributed by atoms with Gasteiger partial charge in [0, 0.05) is 35.8 Å². The van der Waals surface area contributed by atoms with Gasteiger partial charge in [-0.25, -0.2) is 4.98 Å². The molecule has 3 N–H and O–H groups in total. The van der Waals surface area contributed by atoms with E-state index in [9.17, 15) is 9.90 Å². The van der Waals surface area contributed by atoms with E-state index < -0.39 is 0 Å². The Hall–Kier alpha value is -3.35. The summed E-state index contributed by atoms with van der Waals surface area (Å²) >= 11 is 6.50. The SMILES string of the molecule is O=C(c1ccc(Oc2ccccc2)cc1Cl)c1c[nH]c2nccc(N[C@H]3CC[C@@H](O)CC3)c12. The number of para-hydroxylation sites is 1. The number of nitrogens with one attached hydrogen (secondary N) is 2. The Labute approximate surface area is 196 Å². The van der Waals surface area contributed by atoms with E-state index in [1.54, 1.807) is 30.6 Å². The van der Waals surface area contributed by atoms with E-state index in [1.165, 1.54) is 0 Å². The number of benzene rings is 2. The first-order valence-electron chi connectivity index (χ1n) is 11.1. The van der Waals surface area contributed by atoms with E-state index in [0.29, 0.717) is 33.3 Å². The van der Waals surface area contributed by atoms with Crippen LogP contribution in [0.1, 0.15) is 41.6 Å². The third-order valence-corrected chi connectivity index (χ3v) is 6.35. The van der Waals surface area contributed by atoms with Crippen LogP contribution in [0.25, 0.3) is 11.0 Å². The zero-order chi connectivity index (χ0) is 22.8. The number of fused-ring (bicyclic) bond motifs is 1. The summed E-state index contributed by atoms with van der Waals surface area (Å²) in [4.78, 5) is 21.0. The largest absolute Gasteiger partial charge is 0.457 e. The summed E-state index contributed by atoms with van der Waals surface area (Å²) in [5, 5.41) is 14.4. The summed E-state index contributed by atoms with van der Waals surface area (Å²) < 4.78 is 5.83. The van der Waals surface area contributed by atoms with Gasteiger partial charge in [-0.3, -0.25) is 4.79 Å². The molecular weight excluding hydrogens is 438 g/mol. The van der Waals surface area contributed by atoms with Crippen LogP contribution in [0.2, 0.25) is 5.02 Å². The van der Waals surface area contributed by atoms with E-state index in [4.69, 9.17) is 16.3 Å². The highest BCUT2D eigenvalue weighted by molar-refractivity contribution is 6.35. The van der Waals surface area contributed by atoms with Crippen LogP contribution in [0.5, 0.6) is 11.5 Å². The number of pyridine rings is 1. The third kappa shape index (κ3) is 4.58. The molecule has 2 aromatic carbocycles. The average Bonchev–Trinajstić information content (AvgIpc) is 3.26. The van der Waals surface area contributed by atoms with Gasteiger partial charge in [0.25, 0.3) is 0 Å². The standard InChI is InChI=1S/C26H24ClN3O3/c27-22-14-19(33-18-4-2-1-3-5-18)10-11-20(22)25(32)21-15-29-26-24(21)23(12-13-28-26)30-16-6-8-17(31)9-7-16/h1-5,10-17,31H,6-9H2,(H2,28,29,30)/t16-,17+. The van der Waals surface area contributed by atoms with Crippen molar-refractivity contribution in [1.82, 2.24) is 9.97 Å². The maximum Gasteiger partial charge on any atom is 0.196 e. The molecule has 0 bridgehead atoms. The van der Waals surface area contributed by atoms with E-state index in [1.807, 2.05) is 36.4 Å². The van der Waals surface area contributed by atoms with Gasteiger partial charge in [0.15, 0.2) is 5.78 Å². The molecule has 33 heavy (non-hydrogen) atoms. The van der Waals surface area contributed by atoms with Crippen molar-refractivity contribution in [2.24, 2.45) is 0 Å². The Morgan fingerprint density at radius 3 is 2.58 bits per heavy atom. The molecule has 0 aliphatic heterocycles. The number of hydrogen-bond donors (Lipinski definition) is 3. The Kier molecular flexibility index (Phi) is 6.03. The number of aliphatic hydroxyl groups excluding tert-OH is 1. The molecule has 0 radical (unpaired) electrons. The zero-order valence-electron chi connectivity index (χ0n) is 17.9. The lowest BCUT2D eigenvalue weighted by Gasteiger charge is -2.27. The molecule has 0 amide bonds. The number of hydrogen-bond acceptors (Lipinski definition) is 5. The smallest absolute Gasteiger partial charge is 0.196 e. The molecular formula is C26H24ClN3O3. The van der Waals surface area contributed by atoms with Crippen LogP contribution < -0.4 is 10.1 Å². The fourth-order valence-corrected chi connectivity index (χ4v) is 4.57. The Bertz CT molecular complexity index is 1280. The van der Waals surface area contributed by atoms with Gasteiger partial charge < -0.3 is 20.1 Å². The molecule has 0 atom stereocenters. The molecule has 1 saturated carbocycles.